The van der Waals surface area contributed by atoms with Gasteiger partial charge in [0, 0.05) is 10.5 Å². The van der Waals surface area contributed by atoms with Crippen LogP contribution >= 0.6 is 15.9 Å². The van der Waals surface area contributed by atoms with Crippen LogP contribution in [-0.2, 0) is 0 Å². The van der Waals surface area contributed by atoms with Gasteiger partial charge in [0.1, 0.15) is 18.1 Å². The van der Waals surface area contributed by atoms with Crippen LogP contribution in [0, 0.1) is 20.2 Å². The van der Waals surface area contributed by atoms with E-state index in [2.05, 4.69) is 21.0 Å². The van der Waals surface area contributed by atoms with E-state index in [1.807, 2.05) is 0 Å². The van der Waals surface area contributed by atoms with E-state index in [9.17, 15) is 20.2 Å². The number of hydrogen-bond acceptors (Lipinski definition) is 5. The molecule has 2 rings (SSSR count). The lowest BCUT2D eigenvalue weighted by Crippen LogP contribution is -2.00. The van der Waals surface area contributed by atoms with Crippen molar-refractivity contribution in [1.82, 2.24) is 9.78 Å². The Morgan fingerprint density at radius 2 is 1.94 bits per heavy atom. The van der Waals surface area contributed by atoms with Crippen molar-refractivity contribution in [1.29, 1.82) is 0 Å². The fraction of sp³-hybridized carbons (Fsp3) is 0. The van der Waals surface area contributed by atoms with Crippen LogP contribution in [0.5, 0.6) is 0 Å². The van der Waals surface area contributed by atoms with Gasteiger partial charge in [-0.1, -0.05) is 15.9 Å². The van der Waals surface area contributed by atoms with E-state index in [0.29, 0.717) is 4.47 Å². The fourth-order valence-corrected chi connectivity index (χ4v) is 1.72. The van der Waals surface area contributed by atoms with Crippen LogP contribution in [0.25, 0.3) is 5.69 Å². The molecule has 92 valence electrons. The van der Waals surface area contributed by atoms with E-state index in [-0.39, 0.29) is 17.1 Å². The molecule has 0 saturated heterocycles. The quantitative estimate of drug-likeness (QED) is 0.639. The molecule has 0 spiro atoms. The lowest BCUT2D eigenvalue weighted by atomic mass is 10.3. The van der Waals surface area contributed by atoms with Gasteiger partial charge >= 0.3 is 5.69 Å². The van der Waals surface area contributed by atoms with Crippen LogP contribution in [0.15, 0.2) is 35.1 Å². The Morgan fingerprint density at radius 3 is 2.50 bits per heavy atom. The highest BCUT2D eigenvalue weighted by Gasteiger charge is 2.18. The second-order valence-electron chi connectivity index (χ2n) is 3.29. The van der Waals surface area contributed by atoms with Gasteiger partial charge in [-0.3, -0.25) is 20.2 Å². The summed E-state index contributed by atoms with van der Waals surface area (Å²) in [6.45, 7) is 0. The minimum absolute atomic E-state index is 0.163. The first-order valence-electron chi connectivity index (χ1n) is 4.62. The van der Waals surface area contributed by atoms with Gasteiger partial charge < -0.3 is 0 Å². The Hall–Kier alpha value is -2.29. The monoisotopic (exact) mass is 312 g/mol. The largest absolute Gasteiger partial charge is 0.307 e. The first-order valence-corrected chi connectivity index (χ1v) is 5.41. The molecule has 0 bridgehead atoms. The topological polar surface area (TPSA) is 104 Å². The lowest BCUT2D eigenvalue weighted by Gasteiger charge is -2.02. The summed E-state index contributed by atoms with van der Waals surface area (Å²) in [5.74, 6) is 0. The average Bonchev–Trinajstić information content (AvgIpc) is 2.78. The van der Waals surface area contributed by atoms with Crippen molar-refractivity contribution in [2.24, 2.45) is 0 Å². The molecule has 2 aromatic rings. The van der Waals surface area contributed by atoms with Crippen LogP contribution < -0.4 is 0 Å². The molecule has 0 amide bonds. The molecular weight excluding hydrogens is 308 g/mol. The first kappa shape index (κ1) is 12.2. The number of nitro groups is 2. The normalized spacial score (nSPS) is 10.3. The zero-order valence-corrected chi connectivity index (χ0v) is 10.3. The van der Waals surface area contributed by atoms with Crippen LogP contribution in [0.3, 0.4) is 0 Å². The van der Waals surface area contributed by atoms with Gasteiger partial charge in [0.25, 0.3) is 5.69 Å². The van der Waals surface area contributed by atoms with Crippen molar-refractivity contribution in [3.8, 4) is 5.69 Å². The van der Waals surface area contributed by atoms with Gasteiger partial charge in [-0.15, -0.1) is 0 Å². The summed E-state index contributed by atoms with van der Waals surface area (Å²) in [6, 6.07) is 4.36. The maximum atomic E-state index is 10.9. The molecule has 9 heteroatoms. The van der Waals surface area contributed by atoms with E-state index in [1.54, 1.807) is 6.07 Å². The highest BCUT2D eigenvalue weighted by atomic mass is 79.9. The molecule has 0 aliphatic heterocycles. The molecule has 0 aliphatic carbocycles. The van der Waals surface area contributed by atoms with Crippen molar-refractivity contribution >= 4 is 27.3 Å². The molecule has 0 unspecified atom stereocenters. The summed E-state index contributed by atoms with van der Waals surface area (Å²) in [5, 5.41) is 25.2. The Bertz CT molecular complexity index is 639. The molecule has 1 aromatic heterocycles. The number of benzene rings is 1. The van der Waals surface area contributed by atoms with Crippen LogP contribution in [-0.4, -0.2) is 19.6 Å². The summed E-state index contributed by atoms with van der Waals surface area (Å²) < 4.78 is 1.64. The molecule has 1 heterocycles. The van der Waals surface area contributed by atoms with Gasteiger partial charge in [0.05, 0.1) is 9.85 Å². The van der Waals surface area contributed by atoms with Gasteiger partial charge in [-0.25, -0.2) is 4.68 Å². The molecule has 0 N–H and O–H groups in total. The van der Waals surface area contributed by atoms with Crippen molar-refractivity contribution in [2.75, 3.05) is 0 Å². The van der Waals surface area contributed by atoms with E-state index in [1.165, 1.54) is 12.1 Å². The minimum Gasteiger partial charge on any atom is -0.258 e. The van der Waals surface area contributed by atoms with E-state index >= 15 is 0 Å². The molecule has 1 aromatic carbocycles. The van der Waals surface area contributed by atoms with Crippen molar-refractivity contribution in [2.45, 2.75) is 0 Å². The Kier molecular flexibility index (Phi) is 3.06. The SMILES string of the molecule is O=[N+]([O-])c1cnn(-c2ccc(Br)cc2[N+](=O)[O-])c1. The van der Waals surface area contributed by atoms with Crippen LogP contribution in [0.1, 0.15) is 0 Å². The molecule has 0 atom stereocenters. The molecule has 0 aliphatic rings. The zero-order chi connectivity index (χ0) is 13.3. The minimum atomic E-state index is -0.617. The van der Waals surface area contributed by atoms with Gasteiger partial charge in [-0.05, 0) is 12.1 Å². The standard InChI is InChI=1S/C9H5BrN4O4/c10-6-1-2-8(9(3-6)14(17)18)12-5-7(4-11-12)13(15)16/h1-5H. The van der Waals surface area contributed by atoms with Gasteiger partial charge in [0.15, 0.2) is 0 Å². The molecular formula is C9H5BrN4O4. The first-order chi connectivity index (χ1) is 8.49. The third-order valence-corrected chi connectivity index (χ3v) is 2.65. The van der Waals surface area contributed by atoms with Gasteiger partial charge in [0.2, 0.25) is 0 Å². The Labute approximate surface area is 108 Å². The Balaban J connectivity index is 2.55. The molecule has 0 saturated carbocycles. The smallest absolute Gasteiger partial charge is 0.258 e. The molecule has 0 fully saturated rings. The number of rotatable bonds is 3. The highest BCUT2D eigenvalue weighted by Crippen LogP contribution is 2.27. The van der Waals surface area contributed by atoms with E-state index < -0.39 is 9.85 Å². The Morgan fingerprint density at radius 1 is 1.22 bits per heavy atom. The number of nitro benzene ring substituents is 1. The van der Waals surface area contributed by atoms with Crippen molar-refractivity contribution < 1.29 is 9.85 Å². The number of halogens is 1. The molecule has 0 radical (unpaired) electrons. The van der Waals surface area contributed by atoms with Crippen molar-refractivity contribution in [3.05, 3.63) is 55.3 Å². The van der Waals surface area contributed by atoms with Gasteiger partial charge in [-0.2, -0.15) is 5.10 Å². The lowest BCUT2D eigenvalue weighted by molar-refractivity contribution is -0.385. The highest BCUT2D eigenvalue weighted by molar-refractivity contribution is 9.10. The fourth-order valence-electron chi connectivity index (χ4n) is 1.38. The predicted octanol–water partition coefficient (Wildman–Crippen LogP) is 2.45. The third kappa shape index (κ3) is 2.20. The van der Waals surface area contributed by atoms with Crippen LogP contribution in [0.2, 0.25) is 0 Å². The molecule has 8 nitrogen and oxygen atoms in total. The average molecular weight is 313 g/mol. The summed E-state index contributed by atoms with van der Waals surface area (Å²) in [7, 11) is 0. The van der Waals surface area contributed by atoms with E-state index in [4.69, 9.17) is 0 Å². The second kappa shape index (κ2) is 4.53. The molecule has 18 heavy (non-hydrogen) atoms. The second-order valence-corrected chi connectivity index (χ2v) is 4.21. The van der Waals surface area contributed by atoms with Crippen molar-refractivity contribution in [3.63, 3.8) is 0 Å². The summed E-state index contributed by atoms with van der Waals surface area (Å²) in [6.07, 6.45) is 2.15. The summed E-state index contributed by atoms with van der Waals surface area (Å²) in [4.78, 5) is 20.2. The summed E-state index contributed by atoms with van der Waals surface area (Å²) in [5.41, 5.74) is -0.258. The number of nitrogens with zero attached hydrogens (tertiary/aromatic N) is 4. The number of aromatic nitrogens is 2. The predicted molar refractivity (Wildman–Crippen MR) is 64.6 cm³/mol. The number of hydrogen-bond donors (Lipinski definition) is 0. The maximum Gasteiger partial charge on any atom is 0.307 e. The summed E-state index contributed by atoms with van der Waals surface area (Å²) >= 11 is 3.12. The van der Waals surface area contributed by atoms with E-state index in [0.717, 1.165) is 17.1 Å². The maximum absolute atomic E-state index is 10.9. The van der Waals surface area contributed by atoms with Crippen LogP contribution in [0.4, 0.5) is 11.4 Å². The zero-order valence-electron chi connectivity index (χ0n) is 8.69. The third-order valence-electron chi connectivity index (χ3n) is 2.16.